The molecule has 3 fully saturated rings. The van der Waals surface area contributed by atoms with Crippen LogP contribution in [-0.4, -0.2) is 44.1 Å². The highest BCUT2D eigenvalue weighted by molar-refractivity contribution is 6.01. The number of nitrogens with zero attached hydrogens (tertiary/aromatic N) is 1. The van der Waals surface area contributed by atoms with Gasteiger partial charge in [-0.2, -0.15) is 0 Å². The second-order valence-corrected chi connectivity index (χ2v) is 7.91. The molecule has 3 aliphatic heterocycles. The molecule has 3 heterocycles. The molecule has 2 amide bonds. The molecule has 1 aromatic carbocycles. The Kier molecular flexibility index (Phi) is 3.32. The minimum absolute atomic E-state index is 0.169. The second-order valence-electron chi connectivity index (χ2n) is 7.91. The van der Waals surface area contributed by atoms with Gasteiger partial charge in [0.05, 0.1) is 12.2 Å². The van der Waals surface area contributed by atoms with Gasteiger partial charge in [-0.25, -0.2) is 0 Å². The van der Waals surface area contributed by atoms with Crippen molar-refractivity contribution in [3.8, 4) is 5.75 Å². The number of hydrogen-bond donors (Lipinski definition) is 2. The summed E-state index contributed by atoms with van der Waals surface area (Å²) in [4.78, 5) is 25.9. The molecule has 1 aliphatic carbocycles. The molecule has 1 saturated carbocycles. The average molecular weight is 341 g/mol. The number of hydrogen-bond acceptors (Lipinski definition) is 5. The van der Waals surface area contributed by atoms with E-state index in [9.17, 15) is 9.59 Å². The van der Waals surface area contributed by atoms with E-state index in [0.717, 1.165) is 24.5 Å². The second kappa shape index (κ2) is 5.46. The summed E-state index contributed by atoms with van der Waals surface area (Å²) < 4.78 is 6.05. The van der Waals surface area contributed by atoms with Gasteiger partial charge in [-0.3, -0.25) is 14.9 Å². The molecule has 2 saturated heterocycles. The van der Waals surface area contributed by atoms with Gasteiger partial charge in [0.25, 0.3) is 0 Å². The number of ether oxygens (including phenoxy) is 1. The van der Waals surface area contributed by atoms with E-state index in [-0.39, 0.29) is 17.9 Å². The van der Waals surface area contributed by atoms with Crippen LogP contribution in [0.15, 0.2) is 18.2 Å². The number of rotatable bonds is 2. The van der Waals surface area contributed by atoms with Gasteiger partial charge in [-0.1, -0.05) is 12.1 Å². The molecule has 4 aliphatic rings. The molecule has 1 aromatic rings. The summed E-state index contributed by atoms with van der Waals surface area (Å²) in [6, 6.07) is 6.02. The number of nitrogens with one attached hydrogen (secondary N) is 2. The van der Waals surface area contributed by atoms with Gasteiger partial charge in [-0.15, -0.1) is 0 Å². The van der Waals surface area contributed by atoms with Crippen LogP contribution < -0.4 is 20.3 Å². The molecule has 2 N–H and O–H groups in total. The standard InChI is InChI=1S/C19H23N3O3/c23-16-5-4-15(18(24)21-16)22-6-7-25-17-13(2-1-3-14(17)22)12-8-19(9-12)10-20-11-19/h1-3,12,15,20H,4-11H2,(H,21,23,24). The van der Waals surface area contributed by atoms with Gasteiger partial charge in [0, 0.05) is 19.5 Å². The van der Waals surface area contributed by atoms with E-state index in [0.29, 0.717) is 37.3 Å². The van der Waals surface area contributed by atoms with Crippen molar-refractivity contribution in [2.45, 2.75) is 37.6 Å². The van der Waals surface area contributed by atoms with Crippen LogP contribution in [0.4, 0.5) is 5.69 Å². The zero-order valence-electron chi connectivity index (χ0n) is 14.2. The highest BCUT2D eigenvalue weighted by atomic mass is 16.5. The number of carbonyl (C=O) groups is 2. The van der Waals surface area contributed by atoms with Crippen LogP contribution in [0.2, 0.25) is 0 Å². The highest BCUT2D eigenvalue weighted by Gasteiger charge is 2.49. The van der Waals surface area contributed by atoms with E-state index in [1.807, 2.05) is 6.07 Å². The zero-order chi connectivity index (χ0) is 17.0. The Balaban J connectivity index is 1.43. The van der Waals surface area contributed by atoms with E-state index >= 15 is 0 Å². The Morgan fingerprint density at radius 1 is 1.20 bits per heavy atom. The molecule has 0 radical (unpaired) electrons. The topological polar surface area (TPSA) is 70.7 Å². The van der Waals surface area contributed by atoms with E-state index in [2.05, 4.69) is 27.7 Å². The first kappa shape index (κ1) is 15.2. The minimum Gasteiger partial charge on any atom is -0.489 e. The van der Waals surface area contributed by atoms with Crippen molar-refractivity contribution in [1.82, 2.24) is 10.6 Å². The predicted octanol–water partition coefficient (Wildman–Crippen LogP) is 1.16. The molecule has 1 spiro atoms. The van der Waals surface area contributed by atoms with Crippen LogP contribution in [0.1, 0.15) is 37.2 Å². The monoisotopic (exact) mass is 341 g/mol. The van der Waals surface area contributed by atoms with Gasteiger partial charge in [0.1, 0.15) is 18.4 Å². The van der Waals surface area contributed by atoms with E-state index in [4.69, 9.17) is 4.74 Å². The largest absolute Gasteiger partial charge is 0.489 e. The minimum atomic E-state index is -0.279. The fourth-order valence-electron chi connectivity index (χ4n) is 4.89. The molecule has 1 unspecified atom stereocenters. The maximum atomic E-state index is 12.3. The number of amides is 2. The Morgan fingerprint density at radius 3 is 2.76 bits per heavy atom. The van der Waals surface area contributed by atoms with Crippen LogP contribution in [0.3, 0.4) is 0 Å². The van der Waals surface area contributed by atoms with Gasteiger partial charge in [0.15, 0.2) is 0 Å². The van der Waals surface area contributed by atoms with E-state index in [1.165, 1.54) is 18.4 Å². The normalized spacial score (nSPS) is 27.8. The van der Waals surface area contributed by atoms with Crippen molar-refractivity contribution < 1.29 is 14.3 Å². The van der Waals surface area contributed by atoms with Gasteiger partial charge in [0.2, 0.25) is 11.8 Å². The Bertz CT molecular complexity index is 735. The van der Waals surface area contributed by atoms with Crippen molar-refractivity contribution in [3.63, 3.8) is 0 Å². The smallest absolute Gasteiger partial charge is 0.249 e. The number of fused-ring (bicyclic) bond motifs is 1. The number of benzene rings is 1. The van der Waals surface area contributed by atoms with Crippen molar-refractivity contribution >= 4 is 17.5 Å². The molecule has 5 rings (SSSR count). The fraction of sp³-hybridized carbons (Fsp3) is 0.579. The van der Waals surface area contributed by atoms with Crippen molar-refractivity contribution in [3.05, 3.63) is 23.8 Å². The maximum Gasteiger partial charge on any atom is 0.249 e. The van der Waals surface area contributed by atoms with Gasteiger partial charge in [-0.05, 0) is 42.2 Å². The van der Waals surface area contributed by atoms with Crippen LogP contribution in [-0.2, 0) is 9.59 Å². The summed E-state index contributed by atoms with van der Waals surface area (Å²) >= 11 is 0. The van der Waals surface area contributed by atoms with E-state index < -0.39 is 0 Å². The van der Waals surface area contributed by atoms with Crippen LogP contribution >= 0.6 is 0 Å². The first-order valence-corrected chi connectivity index (χ1v) is 9.22. The zero-order valence-corrected chi connectivity index (χ0v) is 14.2. The van der Waals surface area contributed by atoms with Crippen LogP contribution in [0.5, 0.6) is 5.75 Å². The number of anilines is 1. The molecular weight excluding hydrogens is 318 g/mol. The summed E-state index contributed by atoms with van der Waals surface area (Å²) in [5.74, 6) is 1.15. The number of piperidine rings is 1. The molecule has 1 atom stereocenters. The molecular formula is C19H23N3O3. The van der Waals surface area contributed by atoms with Gasteiger partial charge >= 0.3 is 0 Å². The highest BCUT2D eigenvalue weighted by Crippen LogP contribution is 2.56. The molecule has 132 valence electrons. The van der Waals surface area contributed by atoms with Crippen LogP contribution in [0.25, 0.3) is 0 Å². The molecule has 0 bridgehead atoms. The third-order valence-corrected chi connectivity index (χ3v) is 6.30. The summed E-state index contributed by atoms with van der Waals surface area (Å²) in [6.45, 7) is 3.55. The summed E-state index contributed by atoms with van der Waals surface area (Å²) in [7, 11) is 0. The van der Waals surface area contributed by atoms with E-state index in [1.54, 1.807) is 0 Å². The molecule has 25 heavy (non-hydrogen) atoms. The Morgan fingerprint density at radius 2 is 2.04 bits per heavy atom. The lowest BCUT2D eigenvalue weighted by Gasteiger charge is -2.55. The SMILES string of the molecule is O=C1CCC(N2CCOc3c(C4CC5(CNC5)C4)cccc32)C(=O)N1. The molecule has 6 nitrogen and oxygen atoms in total. The number of imide groups is 1. The summed E-state index contributed by atoms with van der Waals surface area (Å²) in [5.41, 5.74) is 2.81. The Labute approximate surface area is 146 Å². The van der Waals surface area contributed by atoms with Crippen molar-refractivity contribution in [2.24, 2.45) is 5.41 Å². The summed E-state index contributed by atoms with van der Waals surface area (Å²) in [5, 5.41) is 5.86. The first-order valence-electron chi connectivity index (χ1n) is 9.22. The van der Waals surface area contributed by atoms with Crippen molar-refractivity contribution in [1.29, 1.82) is 0 Å². The number of carbonyl (C=O) groups excluding carboxylic acids is 2. The lowest BCUT2D eigenvalue weighted by molar-refractivity contribution is -0.134. The third-order valence-electron chi connectivity index (χ3n) is 6.30. The third kappa shape index (κ3) is 2.34. The number of para-hydroxylation sites is 1. The quantitative estimate of drug-likeness (QED) is 0.790. The lowest BCUT2D eigenvalue weighted by Crippen LogP contribution is -2.59. The molecule has 0 aromatic heterocycles. The average Bonchev–Trinajstić information content (AvgIpc) is 2.52. The maximum absolute atomic E-state index is 12.3. The Hall–Kier alpha value is -2.08. The van der Waals surface area contributed by atoms with Crippen molar-refractivity contribution in [2.75, 3.05) is 31.1 Å². The van der Waals surface area contributed by atoms with Gasteiger partial charge < -0.3 is 15.0 Å². The first-order chi connectivity index (χ1) is 12.2. The van der Waals surface area contributed by atoms with Crippen LogP contribution in [0, 0.1) is 5.41 Å². The lowest BCUT2D eigenvalue weighted by atomic mass is 9.57. The molecule has 6 heteroatoms. The fourth-order valence-corrected chi connectivity index (χ4v) is 4.89. The predicted molar refractivity (Wildman–Crippen MR) is 92.7 cm³/mol. The summed E-state index contributed by atoms with van der Waals surface area (Å²) in [6.07, 6.45) is 3.42.